The summed E-state index contributed by atoms with van der Waals surface area (Å²) in [7, 11) is 0. The van der Waals surface area contributed by atoms with Crippen LogP contribution in [0.4, 0.5) is 17.6 Å². The van der Waals surface area contributed by atoms with E-state index >= 15 is 0 Å². The van der Waals surface area contributed by atoms with Crippen LogP contribution < -0.4 is 5.32 Å². The van der Waals surface area contributed by atoms with Crippen LogP contribution in [0.1, 0.15) is 21.6 Å². The van der Waals surface area contributed by atoms with Crippen LogP contribution >= 0.6 is 0 Å². The third kappa shape index (κ3) is 3.58. The lowest BCUT2D eigenvalue weighted by Gasteiger charge is -2.13. The van der Waals surface area contributed by atoms with Gasteiger partial charge < -0.3 is 5.32 Å². The topological polar surface area (TPSA) is 46.9 Å². The van der Waals surface area contributed by atoms with Crippen molar-refractivity contribution in [3.63, 3.8) is 0 Å². The molecule has 0 unspecified atom stereocenters. The normalized spacial score (nSPS) is 11.4. The summed E-state index contributed by atoms with van der Waals surface area (Å²) in [6.45, 7) is -0.237. The lowest BCUT2D eigenvalue weighted by Crippen LogP contribution is -2.26. The van der Waals surface area contributed by atoms with Crippen LogP contribution in [0.5, 0.6) is 0 Å². The predicted molar refractivity (Wildman–Crippen MR) is 86.1 cm³/mol. The summed E-state index contributed by atoms with van der Waals surface area (Å²) in [5.41, 5.74) is -1.47. The second kappa shape index (κ2) is 6.99. The molecule has 134 valence electrons. The molecule has 0 spiro atoms. The maximum absolute atomic E-state index is 13.6. The van der Waals surface area contributed by atoms with Gasteiger partial charge in [-0.05, 0) is 18.2 Å². The van der Waals surface area contributed by atoms with Gasteiger partial charge in [0.2, 0.25) is 0 Å². The third-order valence-electron chi connectivity index (χ3n) is 3.68. The van der Waals surface area contributed by atoms with Crippen molar-refractivity contribution in [3.8, 4) is 5.69 Å². The van der Waals surface area contributed by atoms with Gasteiger partial charge in [-0.15, -0.1) is 0 Å². The molecule has 0 saturated carbocycles. The lowest BCUT2D eigenvalue weighted by molar-refractivity contribution is -0.143. The molecule has 0 aliphatic heterocycles. The van der Waals surface area contributed by atoms with Gasteiger partial charge in [0.25, 0.3) is 5.91 Å². The van der Waals surface area contributed by atoms with E-state index in [1.807, 2.05) is 0 Å². The largest absolute Gasteiger partial charge is 0.434 e. The summed E-state index contributed by atoms with van der Waals surface area (Å²) in [5, 5.41) is 6.01. The third-order valence-corrected chi connectivity index (χ3v) is 3.68. The van der Waals surface area contributed by atoms with Gasteiger partial charge in [0, 0.05) is 12.1 Å². The SMILES string of the molecule is O=C(NCc1ccccc1F)c1cnn(-c2ccccc2)c1C(F)(F)F. The molecule has 0 saturated heterocycles. The minimum atomic E-state index is -4.79. The van der Waals surface area contributed by atoms with Crippen LogP contribution in [0.2, 0.25) is 0 Å². The van der Waals surface area contributed by atoms with Gasteiger partial charge in [0.15, 0.2) is 5.69 Å². The number of alkyl halides is 3. The maximum Gasteiger partial charge on any atom is 0.434 e. The van der Waals surface area contributed by atoms with E-state index in [4.69, 9.17) is 0 Å². The summed E-state index contributed by atoms with van der Waals surface area (Å²) in [4.78, 5) is 12.3. The molecule has 4 nitrogen and oxygen atoms in total. The Kier molecular flexibility index (Phi) is 4.75. The zero-order valence-electron chi connectivity index (χ0n) is 13.3. The molecule has 1 heterocycles. The Hall–Kier alpha value is -3.16. The van der Waals surface area contributed by atoms with Gasteiger partial charge in [0.05, 0.1) is 17.4 Å². The summed E-state index contributed by atoms with van der Waals surface area (Å²) in [5.74, 6) is -1.54. The average molecular weight is 363 g/mol. The van der Waals surface area contributed by atoms with Crippen molar-refractivity contribution in [2.45, 2.75) is 12.7 Å². The number of benzene rings is 2. The first-order valence-electron chi connectivity index (χ1n) is 7.60. The van der Waals surface area contributed by atoms with Gasteiger partial charge in [-0.3, -0.25) is 4.79 Å². The molecule has 8 heteroatoms. The molecule has 1 aromatic heterocycles. The Morgan fingerprint density at radius 3 is 2.35 bits per heavy atom. The van der Waals surface area contributed by atoms with Crippen LogP contribution in [-0.2, 0) is 12.7 Å². The first kappa shape index (κ1) is 17.7. The summed E-state index contributed by atoms with van der Waals surface area (Å²) in [6.07, 6.45) is -3.94. The number of aromatic nitrogens is 2. The Bertz CT molecular complexity index is 920. The van der Waals surface area contributed by atoms with E-state index in [9.17, 15) is 22.4 Å². The molecule has 2 aromatic carbocycles. The van der Waals surface area contributed by atoms with Crippen molar-refractivity contribution < 1.29 is 22.4 Å². The molecule has 0 atom stereocenters. The first-order valence-corrected chi connectivity index (χ1v) is 7.60. The highest BCUT2D eigenvalue weighted by molar-refractivity contribution is 5.95. The number of hydrogen-bond donors (Lipinski definition) is 1. The average Bonchev–Trinajstić information content (AvgIpc) is 3.07. The Morgan fingerprint density at radius 2 is 1.69 bits per heavy atom. The van der Waals surface area contributed by atoms with Crippen molar-refractivity contribution in [1.29, 1.82) is 0 Å². The standard InChI is InChI=1S/C18H13F4N3O/c19-15-9-5-4-6-12(15)10-23-17(26)14-11-24-25(16(14)18(20,21)22)13-7-2-1-3-8-13/h1-9,11H,10H2,(H,23,26). The van der Waals surface area contributed by atoms with Gasteiger partial charge >= 0.3 is 6.18 Å². The van der Waals surface area contributed by atoms with Crippen LogP contribution in [0.3, 0.4) is 0 Å². The fourth-order valence-corrected chi connectivity index (χ4v) is 2.46. The molecular formula is C18H13F4N3O. The Labute approximate surface area is 146 Å². The van der Waals surface area contributed by atoms with E-state index in [0.29, 0.717) is 4.68 Å². The number of hydrogen-bond acceptors (Lipinski definition) is 2. The molecule has 0 aliphatic carbocycles. The maximum atomic E-state index is 13.6. The summed E-state index contributed by atoms with van der Waals surface area (Å²) >= 11 is 0. The zero-order valence-corrected chi connectivity index (χ0v) is 13.3. The number of amides is 1. The molecule has 3 aromatic rings. The van der Waals surface area contributed by atoms with E-state index in [-0.39, 0.29) is 17.8 Å². The van der Waals surface area contributed by atoms with Crippen LogP contribution in [0.25, 0.3) is 5.69 Å². The van der Waals surface area contributed by atoms with E-state index in [2.05, 4.69) is 10.4 Å². The van der Waals surface area contributed by atoms with Crippen LogP contribution in [0, 0.1) is 5.82 Å². The van der Waals surface area contributed by atoms with Crippen LogP contribution in [-0.4, -0.2) is 15.7 Å². The highest BCUT2D eigenvalue weighted by Crippen LogP contribution is 2.33. The van der Waals surface area contributed by atoms with E-state index < -0.39 is 29.2 Å². The predicted octanol–water partition coefficient (Wildman–Crippen LogP) is 3.96. The van der Waals surface area contributed by atoms with E-state index in [1.54, 1.807) is 24.3 Å². The lowest BCUT2D eigenvalue weighted by atomic mass is 10.2. The Morgan fingerprint density at radius 1 is 1.04 bits per heavy atom. The van der Waals surface area contributed by atoms with E-state index in [0.717, 1.165) is 6.20 Å². The summed E-state index contributed by atoms with van der Waals surface area (Å²) < 4.78 is 54.8. The molecule has 1 N–H and O–H groups in total. The minimum absolute atomic E-state index is 0.171. The number of para-hydroxylation sites is 1. The fourth-order valence-electron chi connectivity index (χ4n) is 2.46. The highest BCUT2D eigenvalue weighted by Gasteiger charge is 2.40. The first-order chi connectivity index (χ1) is 12.4. The minimum Gasteiger partial charge on any atom is -0.348 e. The second-order valence-corrected chi connectivity index (χ2v) is 5.43. The van der Waals surface area contributed by atoms with Gasteiger partial charge in [-0.25, -0.2) is 9.07 Å². The molecule has 0 radical (unpaired) electrons. The quantitative estimate of drug-likeness (QED) is 0.714. The second-order valence-electron chi connectivity index (χ2n) is 5.43. The highest BCUT2D eigenvalue weighted by atomic mass is 19.4. The number of carbonyl (C=O) groups is 1. The molecule has 3 rings (SSSR count). The number of carbonyl (C=O) groups excluding carboxylic acids is 1. The van der Waals surface area contributed by atoms with Gasteiger partial charge in [-0.1, -0.05) is 36.4 Å². The molecular weight excluding hydrogens is 350 g/mol. The number of nitrogens with zero attached hydrogens (tertiary/aromatic N) is 2. The van der Waals surface area contributed by atoms with E-state index in [1.165, 1.54) is 30.3 Å². The van der Waals surface area contributed by atoms with Crippen LogP contribution in [0.15, 0.2) is 60.8 Å². The fraction of sp³-hybridized carbons (Fsp3) is 0.111. The molecule has 0 bridgehead atoms. The van der Waals surface area contributed by atoms with Crippen molar-refractivity contribution in [3.05, 3.63) is 83.4 Å². The smallest absolute Gasteiger partial charge is 0.348 e. The van der Waals surface area contributed by atoms with Crippen molar-refractivity contribution in [2.24, 2.45) is 0 Å². The molecule has 0 aliphatic rings. The molecule has 26 heavy (non-hydrogen) atoms. The van der Waals surface area contributed by atoms with Crippen molar-refractivity contribution in [2.75, 3.05) is 0 Å². The number of halogens is 4. The summed E-state index contributed by atoms with van der Waals surface area (Å²) in [6, 6.07) is 13.4. The molecule has 0 fully saturated rings. The number of rotatable bonds is 4. The Balaban J connectivity index is 1.91. The van der Waals surface area contributed by atoms with Crippen molar-refractivity contribution in [1.82, 2.24) is 15.1 Å². The number of nitrogens with one attached hydrogen (secondary N) is 1. The molecule has 1 amide bonds. The van der Waals surface area contributed by atoms with Gasteiger partial charge in [0.1, 0.15) is 5.82 Å². The van der Waals surface area contributed by atoms with Crippen molar-refractivity contribution >= 4 is 5.91 Å². The monoisotopic (exact) mass is 363 g/mol. The van der Waals surface area contributed by atoms with Gasteiger partial charge in [-0.2, -0.15) is 18.3 Å². The zero-order chi connectivity index (χ0) is 18.7.